The van der Waals surface area contributed by atoms with E-state index < -0.39 is 17.0 Å². The van der Waals surface area contributed by atoms with Gasteiger partial charge in [-0.05, 0) is 76.9 Å². The summed E-state index contributed by atoms with van der Waals surface area (Å²) in [5.41, 5.74) is 5.52. The van der Waals surface area contributed by atoms with Crippen LogP contribution in [0.4, 0.5) is 0 Å². The second kappa shape index (κ2) is 9.53. The Morgan fingerprint density at radius 2 is 1.94 bits per heavy atom. The Kier molecular flexibility index (Phi) is 6.29. The Hall–Kier alpha value is -3.67. The van der Waals surface area contributed by atoms with Crippen LogP contribution >= 0.6 is 0 Å². The van der Waals surface area contributed by atoms with Crippen molar-refractivity contribution in [3.05, 3.63) is 88.0 Å². The highest BCUT2D eigenvalue weighted by molar-refractivity contribution is 7.79. The van der Waals surface area contributed by atoms with E-state index in [2.05, 4.69) is 6.07 Å². The van der Waals surface area contributed by atoms with Gasteiger partial charge in [0.15, 0.2) is 0 Å². The van der Waals surface area contributed by atoms with Gasteiger partial charge < -0.3 is 19.1 Å². The van der Waals surface area contributed by atoms with E-state index in [-0.39, 0.29) is 23.3 Å². The van der Waals surface area contributed by atoms with E-state index in [1.54, 1.807) is 24.3 Å². The fourth-order valence-corrected chi connectivity index (χ4v) is 5.32. The molecule has 0 spiro atoms. The van der Waals surface area contributed by atoms with Crippen LogP contribution < -0.4 is 9.47 Å². The number of nitrogens with zero attached hydrogens (tertiary/aromatic N) is 1. The molecular formula is C27H22NO6S-. The van der Waals surface area contributed by atoms with E-state index in [0.29, 0.717) is 30.1 Å². The molecule has 1 heterocycles. The molecule has 35 heavy (non-hydrogen) atoms. The zero-order valence-electron chi connectivity index (χ0n) is 18.7. The minimum atomic E-state index is -2.27. The standard InChI is InChI=1S/C27H23NO6S/c28-14-17-3-7-23-22(24(17)11-16-1-5-20(6-2-16)35(31)32)9-10-25(23)34-19-4-8-21-18(12-27(29)30)15-33-26(21)13-19/h1-8,13,18,25H,9-12,15H2,(H,29,30)(H,31,32)/p-1/t18-,25-/m1/s1. The molecule has 0 bridgehead atoms. The van der Waals surface area contributed by atoms with E-state index in [0.717, 1.165) is 40.7 Å². The Balaban J connectivity index is 1.38. The van der Waals surface area contributed by atoms with Gasteiger partial charge in [0, 0.05) is 22.4 Å². The molecular weight excluding hydrogens is 466 g/mol. The average Bonchev–Trinajstić information content (AvgIpc) is 3.43. The van der Waals surface area contributed by atoms with Crippen molar-refractivity contribution < 1.29 is 28.1 Å². The zero-order valence-corrected chi connectivity index (χ0v) is 19.5. The molecule has 7 nitrogen and oxygen atoms in total. The highest BCUT2D eigenvalue weighted by Crippen LogP contribution is 2.42. The molecule has 0 aromatic heterocycles. The summed E-state index contributed by atoms with van der Waals surface area (Å²) in [5, 5.41) is 18.8. The van der Waals surface area contributed by atoms with Crippen LogP contribution in [-0.4, -0.2) is 26.4 Å². The Bertz CT molecular complexity index is 1360. The molecule has 0 saturated carbocycles. The van der Waals surface area contributed by atoms with Crippen LogP contribution in [0.5, 0.6) is 11.5 Å². The van der Waals surface area contributed by atoms with E-state index in [9.17, 15) is 18.8 Å². The minimum Gasteiger partial charge on any atom is -0.768 e. The number of benzene rings is 3. The van der Waals surface area contributed by atoms with Crippen LogP contribution in [-0.2, 0) is 28.7 Å². The van der Waals surface area contributed by atoms with Gasteiger partial charge in [0.1, 0.15) is 17.6 Å². The number of aliphatic carboxylic acids is 1. The Morgan fingerprint density at radius 1 is 1.17 bits per heavy atom. The number of nitriles is 1. The van der Waals surface area contributed by atoms with E-state index >= 15 is 0 Å². The van der Waals surface area contributed by atoms with E-state index in [1.807, 2.05) is 30.3 Å². The van der Waals surface area contributed by atoms with Crippen molar-refractivity contribution >= 4 is 17.0 Å². The number of fused-ring (bicyclic) bond motifs is 2. The lowest BCUT2D eigenvalue weighted by Gasteiger charge is -2.17. The number of carboxylic acids is 1. The molecule has 2 aliphatic rings. The molecule has 178 valence electrons. The zero-order chi connectivity index (χ0) is 24.5. The third kappa shape index (κ3) is 4.65. The van der Waals surface area contributed by atoms with Gasteiger partial charge >= 0.3 is 5.97 Å². The molecule has 0 amide bonds. The molecule has 1 N–H and O–H groups in total. The highest BCUT2D eigenvalue weighted by atomic mass is 32.2. The average molecular weight is 489 g/mol. The molecule has 8 heteroatoms. The number of hydrogen-bond acceptors (Lipinski definition) is 6. The van der Waals surface area contributed by atoms with Crippen molar-refractivity contribution in [2.45, 2.75) is 42.6 Å². The maximum Gasteiger partial charge on any atom is 0.304 e. The van der Waals surface area contributed by atoms with Crippen molar-refractivity contribution in [2.75, 3.05) is 6.61 Å². The molecule has 3 atom stereocenters. The first-order valence-corrected chi connectivity index (χ1v) is 12.4. The van der Waals surface area contributed by atoms with Gasteiger partial charge in [0.25, 0.3) is 0 Å². The summed E-state index contributed by atoms with van der Waals surface area (Å²) in [5.74, 6) is 0.316. The molecule has 3 aromatic carbocycles. The van der Waals surface area contributed by atoms with Crippen molar-refractivity contribution in [1.29, 1.82) is 5.26 Å². The molecule has 1 aliphatic carbocycles. The minimum absolute atomic E-state index is 0.0324. The molecule has 3 aromatic rings. The highest BCUT2D eigenvalue weighted by Gasteiger charge is 2.30. The lowest BCUT2D eigenvalue weighted by Crippen LogP contribution is -2.07. The number of carbonyl (C=O) groups is 1. The van der Waals surface area contributed by atoms with Gasteiger partial charge in [0.05, 0.1) is 24.7 Å². The number of carboxylic acid groups (broad SMARTS) is 1. The molecule has 0 radical (unpaired) electrons. The molecule has 0 fully saturated rings. The lowest BCUT2D eigenvalue weighted by atomic mass is 9.92. The van der Waals surface area contributed by atoms with Crippen molar-refractivity contribution in [2.24, 2.45) is 0 Å². The fraction of sp³-hybridized carbons (Fsp3) is 0.259. The Labute approximate surface area is 205 Å². The van der Waals surface area contributed by atoms with Gasteiger partial charge in [-0.15, -0.1) is 0 Å². The summed E-state index contributed by atoms with van der Waals surface area (Å²) >= 11 is -2.27. The number of rotatable bonds is 7. The normalized spacial score (nSPS) is 18.7. The van der Waals surface area contributed by atoms with E-state index in [1.165, 1.54) is 0 Å². The summed E-state index contributed by atoms with van der Waals surface area (Å²) in [6, 6.07) is 18.3. The van der Waals surface area contributed by atoms with Crippen molar-refractivity contribution in [1.82, 2.24) is 0 Å². The molecule has 5 rings (SSSR count). The first-order valence-electron chi connectivity index (χ1n) is 11.3. The first-order chi connectivity index (χ1) is 16.9. The fourth-order valence-electron chi connectivity index (χ4n) is 4.96. The topological polar surface area (TPSA) is 120 Å². The maximum absolute atomic E-state index is 11.1. The molecule has 1 unspecified atom stereocenters. The van der Waals surface area contributed by atoms with Crippen molar-refractivity contribution in [3.8, 4) is 17.6 Å². The summed E-state index contributed by atoms with van der Waals surface area (Å²) in [4.78, 5) is 11.3. The van der Waals surface area contributed by atoms with Crippen molar-refractivity contribution in [3.63, 3.8) is 0 Å². The number of ether oxygens (including phenoxy) is 2. The monoisotopic (exact) mass is 488 g/mol. The smallest absolute Gasteiger partial charge is 0.304 e. The van der Waals surface area contributed by atoms with Gasteiger partial charge in [0.2, 0.25) is 0 Å². The second-order valence-electron chi connectivity index (χ2n) is 8.78. The lowest BCUT2D eigenvalue weighted by molar-refractivity contribution is -0.137. The van der Waals surface area contributed by atoms with Crippen LogP contribution in [0.1, 0.15) is 58.2 Å². The summed E-state index contributed by atoms with van der Waals surface area (Å²) in [6.07, 6.45) is 1.93. The predicted octanol–water partition coefficient (Wildman–Crippen LogP) is 4.40. The summed E-state index contributed by atoms with van der Waals surface area (Å²) in [7, 11) is 0. The first kappa shape index (κ1) is 23.1. The van der Waals surface area contributed by atoms with E-state index in [4.69, 9.17) is 14.6 Å². The Morgan fingerprint density at radius 3 is 2.66 bits per heavy atom. The predicted molar refractivity (Wildman–Crippen MR) is 126 cm³/mol. The van der Waals surface area contributed by atoms with Crippen LogP contribution in [0, 0.1) is 11.3 Å². The maximum atomic E-state index is 11.1. The van der Waals surface area contributed by atoms with Gasteiger partial charge in [-0.1, -0.05) is 24.3 Å². The largest absolute Gasteiger partial charge is 0.768 e. The summed E-state index contributed by atoms with van der Waals surface area (Å²) in [6.45, 7) is 0.351. The van der Waals surface area contributed by atoms with Crippen LogP contribution in [0.3, 0.4) is 0 Å². The number of hydrogen-bond donors (Lipinski definition) is 1. The van der Waals surface area contributed by atoms with Gasteiger partial charge in [-0.2, -0.15) is 5.26 Å². The third-order valence-electron chi connectivity index (χ3n) is 6.65. The second-order valence-corrected chi connectivity index (χ2v) is 9.72. The quantitative estimate of drug-likeness (QED) is 0.489. The van der Waals surface area contributed by atoms with Gasteiger partial charge in [-0.3, -0.25) is 9.00 Å². The summed E-state index contributed by atoms with van der Waals surface area (Å²) < 4.78 is 34.3. The van der Waals surface area contributed by atoms with Crippen LogP contribution in [0.25, 0.3) is 0 Å². The van der Waals surface area contributed by atoms with Crippen LogP contribution in [0.2, 0.25) is 0 Å². The molecule has 1 aliphatic heterocycles. The third-order valence-corrected chi connectivity index (χ3v) is 7.31. The van der Waals surface area contributed by atoms with Crippen LogP contribution in [0.15, 0.2) is 59.5 Å². The van der Waals surface area contributed by atoms with Gasteiger partial charge in [-0.25, -0.2) is 0 Å². The molecule has 0 saturated heterocycles. The SMILES string of the molecule is N#Cc1ccc2c(c1Cc1ccc(S(=O)[O-])cc1)CC[C@H]2Oc1ccc2c(c1)OC[C@H]2CC(=O)O.